The van der Waals surface area contributed by atoms with Crippen molar-refractivity contribution in [1.29, 1.82) is 0 Å². The highest BCUT2D eigenvalue weighted by Crippen LogP contribution is 2.25. The molecule has 3 nitrogen and oxygen atoms in total. The van der Waals surface area contributed by atoms with Crippen molar-refractivity contribution in [3.63, 3.8) is 0 Å². The van der Waals surface area contributed by atoms with Crippen LogP contribution in [0.3, 0.4) is 0 Å². The summed E-state index contributed by atoms with van der Waals surface area (Å²) in [5.41, 5.74) is 0.250. The number of carbonyl (C=O) groups is 1. The molecule has 0 bridgehead atoms. The third-order valence-corrected chi connectivity index (χ3v) is 1.23. The number of carbonyl (C=O) groups excluding carboxylic acids is 1. The van der Waals surface area contributed by atoms with E-state index in [0.29, 0.717) is 6.29 Å². The van der Waals surface area contributed by atoms with Gasteiger partial charge in [0.05, 0.1) is 11.2 Å². The highest BCUT2D eigenvalue weighted by atomic mass is 16.5. The Kier molecular flexibility index (Phi) is 1.22. The molecule has 11 heavy (non-hydrogen) atoms. The van der Waals surface area contributed by atoms with Crippen molar-refractivity contribution in [3.8, 4) is 11.5 Å². The molecule has 1 aromatic rings. The van der Waals surface area contributed by atoms with Gasteiger partial charge < -0.3 is 9.84 Å². The van der Waals surface area contributed by atoms with Crippen molar-refractivity contribution in [2.75, 3.05) is 7.04 Å². The molecule has 1 rings (SSSR count). The summed E-state index contributed by atoms with van der Waals surface area (Å²) in [5, 5.41) is 9.25. The molecule has 3 heteroatoms. The van der Waals surface area contributed by atoms with Gasteiger partial charge in [-0.05, 0) is 18.2 Å². The normalized spacial score (nSPS) is 14.4. The molecule has 0 aromatic heterocycles. The van der Waals surface area contributed by atoms with E-state index in [9.17, 15) is 9.90 Å². The summed E-state index contributed by atoms with van der Waals surface area (Å²) in [5.74, 6) is -0.540. The van der Waals surface area contributed by atoms with Crippen molar-refractivity contribution in [3.05, 3.63) is 23.8 Å². The van der Waals surface area contributed by atoms with E-state index in [4.69, 9.17) is 4.11 Å². The number of ether oxygens (including phenoxy) is 1. The lowest BCUT2D eigenvalue weighted by atomic mass is 10.2. The van der Waals surface area contributed by atoms with Gasteiger partial charge in [-0.2, -0.15) is 0 Å². The molecule has 0 aliphatic carbocycles. The number of phenols is 1. The van der Waals surface area contributed by atoms with Gasteiger partial charge in [-0.25, -0.2) is 0 Å². The van der Waals surface area contributed by atoms with Crippen LogP contribution in [0.1, 0.15) is 14.5 Å². The van der Waals surface area contributed by atoms with Crippen molar-refractivity contribution >= 4 is 6.29 Å². The number of methoxy groups -OCH3 is 1. The third-order valence-electron chi connectivity index (χ3n) is 1.23. The predicted molar refractivity (Wildman–Crippen MR) is 40.0 cm³/mol. The van der Waals surface area contributed by atoms with Gasteiger partial charge in [0.15, 0.2) is 11.5 Å². The van der Waals surface area contributed by atoms with Gasteiger partial charge in [-0.15, -0.1) is 0 Å². The summed E-state index contributed by atoms with van der Waals surface area (Å²) in [6.45, 7) is 0. The van der Waals surface area contributed by atoms with Gasteiger partial charge in [-0.3, -0.25) is 4.79 Å². The van der Waals surface area contributed by atoms with Gasteiger partial charge in [0.1, 0.15) is 6.29 Å². The van der Waals surface area contributed by atoms with Crippen LogP contribution < -0.4 is 4.74 Å². The molecule has 0 saturated heterocycles. The lowest BCUT2D eigenvalue weighted by molar-refractivity contribution is 0.112. The SMILES string of the molecule is [2H]C([2H])([2H])Oc1ccc(C=O)cc1O. The molecule has 0 spiro atoms. The maximum atomic E-state index is 10.3. The van der Waals surface area contributed by atoms with Crippen LogP contribution in [0.15, 0.2) is 18.2 Å². The Morgan fingerprint density at radius 3 is 3.09 bits per heavy atom. The fraction of sp³-hybridized carbons (Fsp3) is 0.125. The molecule has 1 aromatic carbocycles. The monoisotopic (exact) mass is 155 g/mol. The minimum atomic E-state index is -2.61. The van der Waals surface area contributed by atoms with E-state index in [2.05, 4.69) is 4.74 Å². The van der Waals surface area contributed by atoms with E-state index in [0.717, 1.165) is 6.07 Å². The number of aromatic hydroxyl groups is 1. The molecular formula is C8H8O3. The molecule has 0 amide bonds. The summed E-state index contributed by atoms with van der Waals surface area (Å²) in [7, 11) is -2.61. The van der Waals surface area contributed by atoms with E-state index < -0.39 is 7.04 Å². The minimum Gasteiger partial charge on any atom is -0.504 e. The Morgan fingerprint density at radius 2 is 2.55 bits per heavy atom. The van der Waals surface area contributed by atoms with Gasteiger partial charge in [0, 0.05) is 5.56 Å². The first-order valence-corrected chi connectivity index (χ1v) is 2.89. The van der Waals surface area contributed by atoms with Crippen LogP contribution in [0.25, 0.3) is 0 Å². The van der Waals surface area contributed by atoms with E-state index in [-0.39, 0.29) is 17.1 Å². The van der Waals surface area contributed by atoms with Crippen molar-refractivity contribution < 1.29 is 18.8 Å². The van der Waals surface area contributed by atoms with E-state index in [1.54, 1.807) is 0 Å². The van der Waals surface area contributed by atoms with Crippen LogP contribution in [-0.2, 0) is 0 Å². The molecular weight excluding hydrogens is 144 g/mol. The first-order valence-electron chi connectivity index (χ1n) is 4.39. The summed E-state index contributed by atoms with van der Waals surface area (Å²) < 4.78 is 24.9. The van der Waals surface area contributed by atoms with Crippen molar-refractivity contribution in [2.45, 2.75) is 0 Å². The van der Waals surface area contributed by atoms with E-state index in [1.807, 2.05) is 0 Å². The molecule has 58 valence electrons. The van der Waals surface area contributed by atoms with E-state index >= 15 is 0 Å². The first kappa shape index (κ1) is 4.38. The maximum absolute atomic E-state index is 10.3. The van der Waals surface area contributed by atoms with Gasteiger partial charge in [0.25, 0.3) is 0 Å². The lowest BCUT2D eigenvalue weighted by Gasteiger charge is -2.01. The summed E-state index contributed by atoms with van der Waals surface area (Å²) in [4.78, 5) is 10.3. The molecule has 0 aliphatic rings. The Bertz CT molecular complexity index is 346. The number of rotatable bonds is 2. The second kappa shape index (κ2) is 3.05. The minimum absolute atomic E-state index is 0.171. The number of hydrogen-bond acceptors (Lipinski definition) is 3. The molecule has 1 N–H and O–H groups in total. The fourth-order valence-electron chi connectivity index (χ4n) is 0.694. The zero-order valence-corrected chi connectivity index (χ0v) is 5.57. The second-order valence-electron chi connectivity index (χ2n) is 1.95. The van der Waals surface area contributed by atoms with Crippen LogP contribution in [0.4, 0.5) is 0 Å². The van der Waals surface area contributed by atoms with Crippen molar-refractivity contribution in [1.82, 2.24) is 0 Å². The lowest BCUT2D eigenvalue weighted by Crippen LogP contribution is -1.85. The summed E-state index contributed by atoms with van der Waals surface area (Å²) >= 11 is 0. The zero-order chi connectivity index (χ0) is 10.8. The molecule has 0 heterocycles. The van der Waals surface area contributed by atoms with Crippen LogP contribution in [0.5, 0.6) is 11.5 Å². The molecule has 0 fully saturated rings. The van der Waals surface area contributed by atoms with Gasteiger partial charge >= 0.3 is 0 Å². The molecule has 0 saturated carbocycles. The predicted octanol–water partition coefficient (Wildman–Crippen LogP) is 1.21. The molecule has 0 aliphatic heterocycles. The van der Waals surface area contributed by atoms with Crippen LogP contribution in [0, 0.1) is 0 Å². The topological polar surface area (TPSA) is 46.5 Å². The second-order valence-corrected chi connectivity index (χ2v) is 1.95. The van der Waals surface area contributed by atoms with Crippen LogP contribution in [-0.4, -0.2) is 18.4 Å². The maximum Gasteiger partial charge on any atom is 0.160 e. The smallest absolute Gasteiger partial charge is 0.160 e. The van der Waals surface area contributed by atoms with E-state index in [1.165, 1.54) is 12.1 Å². The number of hydrogen-bond donors (Lipinski definition) is 1. The van der Waals surface area contributed by atoms with Crippen LogP contribution >= 0.6 is 0 Å². The highest BCUT2D eigenvalue weighted by molar-refractivity contribution is 5.76. The van der Waals surface area contributed by atoms with Crippen LogP contribution in [0.2, 0.25) is 0 Å². The first-order chi connectivity index (χ1) is 6.42. The Morgan fingerprint density at radius 1 is 1.73 bits per heavy atom. The number of benzene rings is 1. The molecule has 0 unspecified atom stereocenters. The Hall–Kier alpha value is -1.51. The standard InChI is InChI=1S/C8H8O3/c1-11-8-3-2-6(5-9)4-7(8)10/h2-5,10H,1H3/i1D3. The Balaban J connectivity index is 2.95. The van der Waals surface area contributed by atoms with Crippen molar-refractivity contribution in [2.24, 2.45) is 0 Å². The zero-order valence-electron chi connectivity index (χ0n) is 8.57. The average molecular weight is 155 g/mol. The van der Waals surface area contributed by atoms with Gasteiger partial charge in [0.2, 0.25) is 0 Å². The summed E-state index contributed by atoms with van der Waals surface area (Å²) in [6, 6.07) is 3.72. The number of aldehydes is 1. The molecule has 0 atom stereocenters. The average Bonchev–Trinajstić information content (AvgIpc) is 2.06. The Labute approximate surface area is 68.4 Å². The number of phenolic OH excluding ortho intramolecular Hbond substituents is 1. The quantitative estimate of drug-likeness (QED) is 0.653. The third kappa shape index (κ3) is 1.49. The largest absolute Gasteiger partial charge is 0.504 e. The van der Waals surface area contributed by atoms with Gasteiger partial charge in [-0.1, -0.05) is 0 Å². The fourth-order valence-corrected chi connectivity index (χ4v) is 0.694. The highest BCUT2D eigenvalue weighted by Gasteiger charge is 2.00. The molecule has 0 radical (unpaired) electrons. The summed E-state index contributed by atoms with van der Waals surface area (Å²) in [6.07, 6.45) is 0.541.